The van der Waals surface area contributed by atoms with Gasteiger partial charge in [-0.1, -0.05) is 15.9 Å². The lowest BCUT2D eigenvalue weighted by atomic mass is 9.90. The summed E-state index contributed by atoms with van der Waals surface area (Å²) in [7, 11) is 0. The summed E-state index contributed by atoms with van der Waals surface area (Å²) in [5.41, 5.74) is 2.42. The largest absolute Gasteiger partial charge is 0.493 e. The van der Waals surface area contributed by atoms with Crippen molar-refractivity contribution < 1.29 is 9.47 Å². The first-order chi connectivity index (χ1) is 8.75. The predicted octanol–water partition coefficient (Wildman–Crippen LogP) is 4.09. The van der Waals surface area contributed by atoms with Crippen LogP contribution in [0.15, 0.2) is 16.6 Å². The van der Waals surface area contributed by atoms with Gasteiger partial charge in [0.25, 0.3) is 0 Å². The van der Waals surface area contributed by atoms with E-state index in [4.69, 9.17) is 21.1 Å². The van der Waals surface area contributed by atoms with E-state index >= 15 is 0 Å². The minimum Gasteiger partial charge on any atom is -0.493 e. The molecule has 0 spiro atoms. The molecule has 1 aromatic carbocycles. The first-order valence-corrected chi connectivity index (χ1v) is 7.65. The molecule has 1 saturated heterocycles. The molecular weight excluding hydrogens is 316 g/mol. The Kier molecular flexibility index (Phi) is 3.83. The normalized spacial score (nSPS) is 21.4. The lowest BCUT2D eigenvalue weighted by Gasteiger charge is -2.27. The summed E-state index contributed by atoms with van der Waals surface area (Å²) >= 11 is 10.3. The van der Waals surface area contributed by atoms with Crippen molar-refractivity contribution in [1.29, 1.82) is 0 Å². The Balaban J connectivity index is 1.91. The highest BCUT2D eigenvalue weighted by Crippen LogP contribution is 2.44. The van der Waals surface area contributed by atoms with Crippen LogP contribution in [-0.2, 0) is 11.2 Å². The Hall–Kier alpha value is -0.250. The van der Waals surface area contributed by atoms with Crippen molar-refractivity contribution >= 4 is 27.5 Å². The number of halogens is 2. The fraction of sp³-hybridized carbons (Fsp3) is 0.571. The molecule has 1 unspecified atom stereocenters. The van der Waals surface area contributed by atoms with Gasteiger partial charge in [-0.05, 0) is 36.5 Å². The van der Waals surface area contributed by atoms with Crippen LogP contribution in [0.25, 0.3) is 0 Å². The maximum atomic E-state index is 6.68. The molecule has 3 rings (SSSR count). The SMILES string of the molecule is ClC(c1cc(Br)cc2c1OCC2)C1CCOCC1. The molecule has 1 aromatic rings. The zero-order valence-electron chi connectivity index (χ0n) is 10.1. The number of rotatable bonds is 2. The van der Waals surface area contributed by atoms with E-state index < -0.39 is 0 Å². The van der Waals surface area contributed by atoms with Crippen molar-refractivity contribution in [1.82, 2.24) is 0 Å². The van der Waals surface area contributed by atoms with Crippen LogP contribution in [0.1, 0.15) is 29.3 Å². The molecule has 0 bridgehead atoms. The second-order valence-electron chi connectivity index (χ2n) is 4.93. The van der Waals surface area contributed by atoms with E-state index in [1.807, 2.05) is 0 Å². The molecule has 18 heavy (non-hydrogen) atoms. The van der Waals surface area contributed by atoms with Gasteiger partial charge in [-0.3, -0.25) is 0 Å². The summed E-state index contributed by atoms with van der Waals surface area (Å²) < 4.78 is 12.3. The smallest absolute Gasteiger partial charge is 0.127 e. The van der Waals surface area contributed by atoms with E-state index in [0.29, 0.717) is 5.92 Å². The van der Waals surface area contributed by atoms with Gasteiger partial charge in [0.15, 0.2) is 0 Å². The molecule has 2 aliphatic heterocycles. The standard InChI is InChI=1S/C14H16BrClO2/c15-11-7-10-3-6-18-14(10)12(8-11)13(16)9-1-4-17-5-2-9/h7-9,13H,1-6H2. The van der Waals surface area contributed by atoms with Crippen LogP contribution < -0.4 is 4.74 Å². The fourth-order valence-corrected chi connectivity index (χ4v) is 3.70. The number of hydrogen-bond donors (Lipinski definition) is 0. The van der Waals surface area contributed by atoms with Crippen molar-refractivity contribution in [2.45, 2.75) is 24.6 Å². The van der Waals surface area contributed by atoms with Gasteiger partial charge >= 0.3 is 0 Å². The van der Waals surface area contributed by atoms with Crippen LogP contribution in [0.2, 0.25) is 0 Å². The van der Waals surface area contributed by atoms with Gasteiger partial charge in [0.1, 0.15) is 5.75 Å². The first kappa shape index (κ1) is 12.8. The minimum atomic E-state index is 0.0262. The van der Waals surface area contributed by atoms with E-state index in [1.165, 1.54) is 5.56 Å². The predicted molar refractivity (Wildman–Crippen MR) is 75.5 cm³/mol. The highest BCUT2D eigenvalue weighted by atomic mass is 79.9. The van der Waals surface area contributed by atoms with E-state index in [-0.39, 0.29) is 5.38 Å². The van der Waals surface area contributed by atoms with Crippen LogP contribution >= 0.6 is 27.5 Å². The highest BCUT2D eigenvalue weighted by molar-refractivity contribution is 9.10. The molecule has 0 aliphatic carbocycles. The van der Waals surface area contributed by atoms with Crippen molar-refractivity contribution in [2.75, 3.05) is 19.8 Å². The van der Waals surface area contributed by atoms with Crippen LogP contribution in [0.4, 0.5) is 0 Å². The lowest BCUT2D eigenvalue weighted by Crippen LogP contribution is -2.19. The van der Waals surface area contributed by atoms with Gasteiger partial charge in [0.05, 0.1) is 12.0 Å². The quantitative estimate of drug-likeness (QED) is 0.760. The van der Waals surface area contributed by atoms with Crippen LogP contribution in [0, 0.1) is 5.92 Å². The molecule has 0 amide bonds. The number of ether oxygens (including phenoxy) is 2. The summed E-state index contributed by atoms with van der Waals surface area (Å²) in [4.78, 5) is 0. The highest BCUT2D eigenvalue weighted by Gasteiger charge is 2.29. The molecule has 0 N–H and O–H groups in total. The summed E-state index contributed by atoms with van der Waals surface area (Å²) in [6.45, 7) is 2.42. The summed E-state index contributed by atoms with van der Waals surface area (Å²) in [6, 6.07) is 4.25. The zero-order valence-corrected chi connectivity index (χ0v) is 12.5. The summed E-state index contributed by atoms with van der Waals surface area (Å²) in [6.07, 6.45) is 3.06. The maximum Gasteiger partial charge on any atom is 0.127 e. The zero-order chi connectivity index (χ0) is 12.5. The van der Waals surface area contributed by atoms with E-state index in [0.717, 1.165) is 54.9 Å². The fourth-order valence-electron chi connectivity index (χ4n) is 2.77. The molecular formula is C14H16BrClO2. The van der Waals surface area contributed by atoms with Crippen LogP contribution in [0.5, 0.6) is 5.75 Å². The van der Waals surface area contributed by atoms with Gasteiger partial charge < -0.3 is 9.47 Å². The average molecular weight is 332 g/mol. The van der Waals surface area contributed by atoms with Gasteiger partial charge in [0, 0.05) is 29.7 Å². The molecule has 0 aromatic heterocycles. The third kappa shape index (κ3) is 2.40. The number of fused-ring (bicyclic) bond motifs is 1. The molecule has 0 radical (unpaired) electrons. The molecule has 0 saturated carbocycles. The molecule has 2 heterocycles. The van der Waals surface area contributed by atoms with Crippen LogP contribution in [0.3, 0.4) is 0 Å². The number of alkyl halides is 1. The number of hydrogen-bond acceptors (Lipinski definition) is 2. The van der Waals surface area contributed by atoms with Gasteiger partial charge in [-0.2, -0.15) is 0 Å². The first-order valence-electron chi connectivity index (χ1n) is 6.42. The Bertz CT molecular complexity index is 444. The molecule has 4 heteroatoms. The van der Waals surface area contributed by atoms with E-state index in [2.05, 4.69) is 28.1 Å². The van der Waals surface area contributed by atoms with Gasteiger partial charge in [-0.15, -0.1) is 11.6 Å². The van der Waals surface area contributed by atoms with Crippen molar-refractivity contribution in [3.05, 3.63) is 27.7 Å². The van der Waals surface area contributed by atoms with E-state index in [1.54, 1.807) is 0 Å². The average Bonchev–Trinajstić information content (AvgIpc) is 2.86. The minimum absolute atomic E-state index is 0.0262. The number of benzene rings is 1. The second-order valence-corrected chi connectivity index (χ2v) is 6.32. The molecule has 1 fully saturated rings. The Morgan fingerprint density at radius 1 is 1.22 bits per heavy atom. The van der Waals surface area contributed by atoms with Crippen LogP contribution in [-0.4, -0.2) is 19.8 Å². The summed E-state index contributed by atoms with van der Waals surface area (Å²) in [5, 5.41) is 0.0262. The van der Waals surface area contributed by atoms with Crippen molar-refractivity contribution in [3.8, 4) is 5.75 Å². The molecule has 98 valence electrons. The third-order valence-corrected chi connectivity index (χ3v) is 4.80. The van der Waals surface area contributed by atoms with Crippen molar-refractivity contribution in [3.63, 3.8) is 0 Å². The van der Waals surface area contributed by atoms with E-state index in [9.17, 15) is 0 Å². The van der Waals surface area contributed by atoms with Crippen molar-refractivity contribution in [2.24, 2.45) is 5.92 Å². The second kappa shape index (κ2) is 5.40. The topological polar surface area (TPSA) is 18.5 Å². The maximum absolute atomic E-state index is 6.68. The molecule has 2 nitrogen and oxygen atoms in total. The third-order valence-electron chi connectivity index (χ3n) is 3.75. The van der Waals surface area contributed by atoms with Gasteiger partial charge in [-0.25, -0.2) is 0 Å². The van der Waals surface area contributed by atoms with Gasteiger partial charge in [0.2, 0.25) is 0 Å². The monoisotopic (exact) mass is 330 g/mol. The Labute approximate surface area is 121 Å². The molecule has 2 aliphatic rings. The lowest BCUT2D eigenvalue weighted by molar-refractivity contribution is 0.0649. The summed E-state index contributed by atoms with van der Waals surface area (Å²) in [5.74, 6) is 1.51. The Morgan fingerprint density at radius 3 is 2.78 bits per heavy atom. The molecule has 1 atom stereocenters. The Morgan fingerprint density at radius 2 is 2.00 bits per heavy atom.